The summed E-state index contributed by atoms with van der Waals surface area (Å²) in [4.78, 5) is 16.3. The Bertz CT molecular complexity index is 768. The molecule has 2 N–H and O–H groups in total. The Kier molecular flexibility index (Phi) is 3.74. The standard InChI is InChI=1S/C14H13N5OS/c1-2-15-13-6-5-11(18-19-13)14(20)17-9-3-4-10-12(7-9)21-8-16-10/h3-8H,2H2,1H3,(H,15,19)(H,17,20). The van der Waals surface area contributed by atoms with E-state index in [1.807, 2.05) is 25.1 Å². The van der Waals surface area contributed by atoms with Crippen LogP contribution in [0.15, 0.2) is 35.8 Å². The number of carbonyl (C=O) groups excluding carboxylic acids is 1. The van der Waals surface area contributed by atoms with Crippen molar-refractivity contribution in [3.05, 3.63) is 41.5 Å². The van der Waals surface area contributed by atoms with Crippen LogP contribution in [0.5, 0.6) is 0 Å². The van der Waals surface area contributed by atoms with Gasteiger partial charge in [-0.25, -0.2) is 4.98 Å². The number of aromatic nitrogens is 3. The number of amides is 1. The van der Waals surface area contributed by atoms with Crippen LogP contribution >= 0.6 is 11.3 Å². The average Bonchev–Trinajstić information content (AvgIpc) is 2.96. The number of nitrogens with one attached hydrogen (secondary N) is 2. The number of benzene rings is 1. The maximum Gasteiger partial charge on any atom is 0.276 e. The second-order valence-electron chi connectivity index (χ2n) is 4.32. The van der Waals surface area contributed by atoms with Gasteiger partial charge in [0.2, 0.25) is 0 Å². The highest BCUT2D eigenvalue weighted by Crippen LogP contribution is 2.22. The normalized spacial score (nSPS) is 10.5. The average molecular weight is 299 g/mol. The first-order valence-corrected chi connectivity index (χ1v) is 7.36. The molecule has 1 aromatic carbocycles. The van der Waals surface area contributed by atoms with Gasteiger partial charge in [0.1, 0.15) is 5.82 Å². The van der Waals surface area contributed by atoms with E-state index in [1.165, 1.54) is 11.3 Å². The first-order valence-electron chi connectivity index (χ1n) is 6.48. The lowest BCUT2D eigenvalue weighted by molar-refractivity contribution is 0.102. The molecule has 0 aliphatic heterocycles. The van der Waals surface area contributed by atoms with Crippen LogP contribution in [-0.4, -0.2) is 27.6 Å². The van der Waals surface area contributed by atoms with E-state index in [2.05, 4.69) is 25.8 Å². The molecule has 0 spiro atoms. The number of fused-ring (bicyclic) bond motifs is 1. The van der Waals surface area contributed by atoms with Gasteiger partial charge >= 0.3 is 0 Å². The molecule has 0 unspecified atom stereocenters. The van der Waals surface area contributed by atoms with Crippen molar-refractivity contribution < 1.29 is 4.79 Å². The minimum Gasteiger partial charge on any atom is -0.369 e. The monoisotopic (exact) mass is 299 g/mol. The summed E-state index contributed by atoms with van der Waals surface area (Å²) in [6, 6.07) is 8.97. The van der Waals surface area contributed by atoms with E-state index in [0.29, 0.717) is 11.5 Å². The second kappa shape index (κ2) is 5.84. The van der Waals surface area contributed by atoms with Crippen LogP contribution in [0.25, 0.3) is 10.2 Å². The van der Waals surface area contributed by atoms with Crippen LogP contribution in [0, 0.1) is 0 Å². The maximum atomic E-state index is 12.1. The quantitative estimate of drug-likeness (QED) is 0.774. The summed E-state index contributed by atoms with van der Waals surface area (Å²) in [6.45, 7) is 2.73. The number of nitrogens with zero attached hydrogens (tertiary/aromatic N) is 3. The van der Waals surface area contributed by atoms with Crippen molar-refractivity contribution in [2.45, 2.75) is 6.92 Å². The van der Waals surface area contributed by atoms with Crippen LogP contribution < -0.4 is 10.6 Å². The zero-order valence-electron chi connectivity index (χ0n) is 11.3. The van der Waals surface area contributed by atoms with E-state index in [-0.39, 0.29) is 11.6 Å². The van der Waals surface area contributed by atoms with Gasteiger partial charge in [0.25, 0.3) is 5.91 Å². The van der Waals surface area contributed by atoms with Gasteiger partial charge in [-0.05, 0) is 37.3 Å². The molecular formula is C14H13N5OS. The van der Waals surface area contributed by atoms with Crippen molar-refractivity contribution in [2.75, 3.05) is 17.2 Å². The highest BCUT2D eigenvalue weighted by molar-refractivity contribution is 7.16. The maximum absolute atomic E-state index is 12.1. The van der Waals surface area contributed by atoms with Gasteiger partial charge in [-0.15, -0.1) is 21.5 Å². The molecule has 21 heavy (non-hydrogen) atoms. The Morgan fingerprint density at radius 3 is 2.90 bits per heavy atom. The minimum absolute atomic E-state index is 0.279. The van der Waals surface area contributed by atoms with Gasteiger partial charge in [0, 0.05) is 12.2 Å². The molecule has 3 aromatic rings. The molecule has 0 bridgehead atoms. The van der Waals surface area contributed by atoms with Crippen LogP contribution in [-0.2, 0) is 0 Å². The Morgan fingerprint density at radius 1 is 1.24 bits per heavy atom. The molecule has 0 saturated heterocycles. The fraction of sp³-hybridized carbons (Fsp3) is 0.143. The Balaban J connectivity index is 1.75. The zero-order chi connectivity index (χ0) is 14.7. The lowest BCUT2D eigenvalue weighted by Crippen LogP contribution is -2.14. The van der Waals surface area contributed by atoms with Gasteiger partial charge < -0.3 is 10.6 Å². The summed E-state index contributed by atoms with van der Waals surface area (Å²) in [6.07, 6.45) is 0. The molecule has 3 rings (SSSR count). The molecule has 106 valence electrons. The van der Waals surface area contributed by atoms with Gasteiger partial charge in [-0.2, -0.15) is 0 Å². The fourth-order valence-electron chi connectivity index (χ4n) is 1.86. The summed E-state index contributed by atoms with van der Waals surface area (Å²) >= 11 is 1.53. The number of hydrogen-bond acceptors (Lipinski definition) is 6. The summed E-state index contributed by atoms with van der Waals surface area (Å²) in [7, 11) is 0. The molecule has 6 nitrogen and oxygen atoms in total. The molecular weight excluding hydrogens is 286 g/mol. The first-order chi connectivity index (χ1) is 10.3. The number of carbonyl (C=O) groups is 1. The van der Waals surface area contributed by atoms with Crippen molar-refractivity contribution in [1.82, 2.24) is 15.2 Å². The number of thiazole rings is 1. The van der Waals surface area contributed by atoms with E-state index < -0.39 is 0 Å². The van der Waals surface area contributed by atoms with Crippen molar-refractivity contribution in [3.8, 4) is 0 Å². The first kappa shape index (κ1) is 13.4. The number of anilines is 2. The molecule has 2 aromatic heterocycles. The van der Waals surface area contributed by atoms with Crippen molar-refractivity contribution in [2.24, 2.45) is 0 Å². The molecule has 0 fully saturated rings. The van der Waals surface area contributed by atoms with Crippen LogP contribution in [0.4, 0.5) is 11.5 Å². The van der Waals surface area contributed by atoms with Crippen LogP contribution in [0.3, 0.4) is 0 Å². The van der Waals surface area contributed by atoms with Gasteiger partial charge in [-0.1, -0.05) is 0 Å². The van der Waals surface area contributed by atoms with Gasteiger partial charge in [0.15, 0.2) is 5.69 Å². The highest BCUT2D eigenvalue weighted by Gasteiger charge is 2.09. The molecule has 0 aliphatic carbocycles. The van der Waals surface area contributed by atoms with Gasteiger partial charge in [0.05, 0.1) is 15.7 Å². The lowest BCUT2D eigenvalue weighted by atomic mass is 10.3. The van der Waals surface area contributed by atoms with Crippen molar-refractivity contribution in [1.29, 1.82) is 0 Å². The SMILES string of the molecule is CCNc1ccc(C(=O)Nc2ccc3ncsc3c2)nn1. The molecule has 0 radical (unpaired) electrons. The Hall–Kier alpha value is -2.54. The van der Waals surface area contributed by atoms with Crippen LogP contribution in [0.2, 0.25) is 0 Å². The summed E-state index contributed by atoms with van der Waals surface area (Å²) in [5, 5.41) is 13.7. The van der Waals surface area contributed by atoms with Crippen molar-refractivity contribution in [3.63, 3.8) is 0 Å². The third kappa shape index (κ3) is 2.97. The second-order valence-corrected chi connectivity index (χ2v) is 5.21. The largest absolute Gasteiger partial charge is 0.369 e. The minimum atomic E-state index is -0.283. The van der Waals surface area contributed by atoms with E-state index in [0.717, 1.165) is 16.8 Å². The van der Waals surface area contributed by atoms with Crippen molar-refractivity contribution >= 4 is 39.0 Å². The molecule has 0 saturated carbocycles. The smallest absolute Gasteiger partial charge is 0.276 e. The zero-order valence-corrected chi connectivity index (χ0v) is 12.1. The highest BCUT2D eigenvalue weighted by atomic mass is 32.1. The predicted octanol–water partition coefficient (Wildman–Crippen LogP) is 2.77. The summed E-state index contributed by atoms with van der Waals surface area (Å²) in [5.41, 5.74) is 3.70. The van der Waals surface area contributed by atoms with E-state index >= 15 is 0 Å². The Labute approximate surface area is 125 Å². The molecule has 7 heteroatoms. The lowest BCUT2D eigenvalue weighted by Gasteiger charge is -2.05. The van der Waals surface area contributed by atoms with E-state index in [1.54, 1.807) is 17.6 Å². The Morgan fingerprint density at radius 2 is 2.14 bits per heavy atom. The molecule has 1 amide bonds. The number of hydrogen-bond donors (Lipinski definition) is 2. The van der Waals surface area contributed by atoms with Crippen LogP contribution in [0.1, 0.15) is 17.4 Å². The third-order valence-corrected chi connectivity index (χ3v) is 3.64. The summed E-state index contributed by atoms with van der Waals surface area (Å²) in [5.74, 6) is 0.370. The predicted molar refractivity (Wildman–Crippen MR) is 83.8 cm³/mol. The third-order valence-electron chi connectivity index (χ3n) is 2.84. The fourth-order valence-corrected chi connectivity index (χ4v) is 2.57. The molecule has 0 atom stereocenters. The summed E-state index contributed by atoms with van der Waals surface area (Å²) < 4.78 is 1.03. The number of rotatable bonds is 4. The molecule has 0 aliphatic rings. The topological polar surface area (TPSA) is 79.8 Å². The molecule has 2 heterocycles. The van der Waals surface area contributed by atoms with Gasteiger partial charge in [-0.3, -0.25) is 4.79 Å². The van der Waals surface area contributed by atoms with E-state index in [4.69, 9.17) is 0 Å². The van der Waals surface area contributed by atoms with E-state index in [9.17, 15) is 4.79 Å².